The highest BCUT2D eigenvalue weighted by Gasteiger charge is 2.27. The summed E-state index contributed by atoms with van der Waals surface area (Å²) in [5.41, 5.74) is 0.725. The van der Waals surface area contributed by atoms with Crippen molar-refractivity contribution < 1.29 is 4.39 Å². The Labute approximate surface area is 106 Å². The maximum atomic E-state index is 13.9. The van der Waals surface area contributed by atoms with Gasteiger partial charge >= 0.3 is 0 Å². The minimum atomic E-state index is -0.157. The zero-order valence-electron chi connectivity index (χ0n) is 10.3. The summed E-state index contributed by atoms with van der Waals surface area (Å²) in [5, 5.41) is 3.34. The van der Waals surface area contributed by atoms with Crippen molar-refractivity contribution in [2.24, 2.45) is 5.41 Å². The molecule has 3 heteroatoms. The predicted molar refractivity (Wildman–Crippen MR) is 70.0 cm³/mol. The first-order chi connectivity index (χ1) is 7.36. The molecule has 1 aromatic carbocycles. The Kier molecular flexibility index (Phi) is 4.51. The number of halogens is 2. The molecular formula is C13H19BrFN. The highest BCUT2D eigenvalue weighted by Crippen LogP contribution is 2.34. The smallest absolute Gasteiger partial charge is 0.129 e. The van der Waals surface area contributed by atoms with Crippen LogP contribution in [0.1, 0.15) is 39.3 Å². The van der Waals surface area contributed by atoms with Gasteiger partial charge in [0.1, 0.15) is 5.82 Å². The summed E-state index contributed by atoms with van der Waals surface area (Å²) < 4.78 is 14.7. The molecule has 0 spiro atoms. The molecule has 0 heterocycles. The fourth-order valence-corrected chi connectivity index (χ4v) is 2.16. The van der Waals surface area contributed by atoms with Crippen LogP contribution in [-0.2, 0) is 0 Å². The van der Waals surface area contributed by atoms with Crippen molar-refractivity contribution >= 4 is 15.9 Å². The normalized spacial score (nSPS) is 13.9. The molecule has 0 aromatic heterocycles. The summed E-state index contributed by atoms with van der Waals surface area (Å²) in [5.74, 6) is -0.157. The van der Waals surface area contributed by atoms with Gasteiger partial charge in [-0.05, 0) is 24.1 Å². The summed E-state index contributed by atoms with van der Waals surface area (Å²) in [6, 6.07) is 5.28. The third kappa shape index (κ3) is 3.29. The third-order valence-electron chi connectivity index (χ3n) is 2.55. The molecule has 0 aliphatic rings. The van der Waals surface area contributed by atoms with Crippen LogP contribution in [0.2, 0.25) is 0 Å². The molecule has 90 valence electrons. The lowest BCUT2D eigenvalue weighted by molar-refractivity contribution is 0.270. The van der Waals surface area contributed by atoms with Crippen molar-refractivity contribution in [2.45, 2.75) is 33.7 Å². The minimum absolute atomic E-state index is 0.00925. The zero-order chi connectivity index (χ0) is 12.3. The van der Waals surface area contributed by atoms with Crippen LogP contribution in [0.25, 0.3) is 0 Å². The van der Waals surface area contributed by atoms with Crippen LogP contribution in [0.5, 0.6) is 0 Å². The molecule has 1 nitrogen and oxygen atoms in total. The predicted octanol–water partition coefficient (Wildman–Crippen LogP) is 4.28. The monoisotopic (exact) mass is 287 g/mol. The van der Waals surface area contributed by atoms with Crippen molar-refractivity contribution in [1.29, 1.82) is 0 Å². The summed E-state index contributed by atoms with van der Waals surface area (Å²) in [6.07, 6.45) is 0. The van der Waals surface area contributed by atoms with Crippen LogP contribution < -0.4 is 5.32 Å². The van der Waals surface area contributed by atoms with Crippen molar-refractivity contribution in [3.05, 3.63) is 34.1 Å². The SMILES string of the molecule is CCNC(c1ccc(Br)cc1F)C(C)(C)C. The second kappa shape index (κ2) is 5.28. The molecule has 0 aliphatic carbocycles. The molecule has 1 unspecified atom stereocenters. The van der Waals surface area contributed by atoms with Gasteiger partial charge in [-0.1, -0.05) is 49.7 Å². The first-order valence-electron chi connectivity index (χ1n) is 5.54. The van der Waals surface area contributed by atoms with Crippen LogP contribution in [0, 0.1) is 11.2 Å². The molecule has 0 bridgehead atoms. The Morgan fingerprint density at radius 3 is 2.44 bits per heavy atom. The van der Waals surface area contributed by atoms with E-state index in [1.807, 2.05) is 19.1 Å². The van der Waals surface area contributed by atoms with Gasteiger partial charge in [0.25, 0.3) is 0 Å². The lowest BCUT2D eigenvalue weighted by Crippen LogP contribution is -2.32. The van der Waals surface area contributed by atoms with Gasteiger partial charge in [0, 0.05) is 16.1 Å². The third-order valence-corrected chi connectivity index (χ3v) is 3.04. The fraction of sp³-hybridized carbons (Fsp3) is 0.538. The lowest BCUT2D eigenvalue weighted by Gasteiger charge is -2.32. The van der Waals surface area contributed by atoms with Gasteiger partial charge in [0.05, 0.1) is 0 Å². The molecule has 1 atom stereocenters. The molecule has 16 heavy (non-hydrogen) atoms. The summed E-state index contributed by atoms with van der Waals surface area (Å²) in [4.78, 5) is 0. The van der Waals surface area contributed by atoms with E-state index in [0.717, 1.165) is 16.6 Å². The molecule has 1 N–H and O–H groups in total. The van der Waals surface area contributed by atoms with Crippen molar-refractivity contribution in [2.75, 3.05) is 6.54 Å². The topological polar surface area (TPSA) is 12.0 Å². The number of rotatable bonds is 3. The molecule has 0 aliphatic heterocycles. The number of benzene rings is 1. The first kappa shape index (κ1) is 13.7. The second-order valence-corrected chi connectivity index (χ2v) is 5.94. The molecule has 1 aromatic rings. The van der Waals surface area contributed by atoms with Gasteiger partial charge in [-0.25, -0.2) is 4.39 Å². The minimum Gasteiger partial charge on any atom is -0.310 e. The van der Waals surface area contributed by atoms with Crippen molar-refractivity contribution in [3.8, 4) is 0 Å². The number of hydrogen-bond acceptors (Lipinski definition) is 1. The Balaban J connectivity index is 3.11. The highest BCUT2D eigenvalue weighted by molar-refractivity contribution is 9.10. The Bertz CT molecular complexity index is 357. The Morgan fingerprint density at radius 2 is 2.00 bits per heavy atom. The van der Waals surface area contributed by atoms with Crippen LogP contribution in [-0.4, -0.2) is 6.54 Å². The highest BCUT2D eigenvalue weighted by atomic mass is 79.9. The summed E-state index contributed by atoms with van der Waals surface area (Å²) in [7, 11) is 0. The average Bonchev–Trinajstić information content (AvgIpc) is 2.13. The molecule has 0 amide bonds. The standard InChI is InChI=1S/C13H19BrFN/c1-5-16-12(13(2,3)4)10-7-6-9(14)8-11(10)15/h6-8,12,16H,5H2,1-4H3. The van der Waals surface area contributed by atoms with Crippen LogP contribution in [0.3, 0.4) is 0 Å². The van der Waals surface area contributed by atoms with E-state index in [2.05, 4.69) is 42.0 Å². The number of hydrogen-bond donors (Lipinski definition) is 1. The van der Waals surface area contributed by atoms with Gasteiger partial charge in [-0.2, -0.15) is 0 Å². The molecular weight excluding hydrogens is 269 g/mol. The van der Waals surface area contributed by atoms with E-state index in [9.17, 15) is 4.39 Å². The largest absolute Gasteiger partial charge is 0.310 e. The van der Waals surface area contributed by atoms with Crippen LogP contribution >= 0.6 is 15.9 Å². The molecule has 0 saturated carbocycles. The lowest BCUT2D eigenvalue weighted by atomic mass is 9.82. The maximum absolute atomic E-state index is 13.9. The van der Waals surface area contributed by atoms with E-state index in [1.165, 1.54) is 6.07 Å². The van der Waals surface area contributed by atoms with E-state index in [1.54, 1.807) is 0 Å². The quantitative estimate of drug-likeness (QED) is 0.875. The fourth-order valence-electron chi connectivity index (χ4n) is 1.82. The van der Waals surface area contributed by atoms with Gasteiger partial charge in [0.2, 0.25) is 0 Å². The second-order valence-electron chi connectivity index (χ2n) is 5.02. The summed E-state index contributed by atoms with van der Waals surface area (Å²) in [6.45, 7) is 9.21. The van der Waals surface area contributed by atoms with Gasteiger partial charge in [-0.15, -0.1) is 0 Å². The molecule has 0 fully saturated rings. The first-order valence-corrected chi connectivity index (χ1v) is 6.34. The van der Waals surface area contributed by atoms with Gasteiger partial charge < -0.3 is 5.32 Å². The van der Waals surface area contributed by atoms with E-state index in [4.69, 9.17) is 0 Å². The average molecular weight is 288 g/mol. The van der Waals surface area contributed by atoms with E-state index >= 15 is 0 Å². The Morgan fingerprint density at radius 1 is 1.38 bits per heavy atom. The maximum Gasteiger partial charge on any atom is 0.129 e. The zero-order valence-corrected chi connectivity index (χ0v) is 11.9. The molecule has 0 radical (unpaired) electrons. The van der Waals surface area contributed by atoms with E-state index in [-0.39, 0.29) is 17.3 Å². The van der Waals surface area contributed by atoms with Crippen molar-refractivity contribution in [1.82, 2.24) is 5.32 Å². The van der Waals surface area contributed by atoms with Crippen molar-refractivity contribution in [3.63, 3.8) is 0 Å². The summed E-state index contributed by atoms with van der Waals surface area (Å²) >= 11 is 3.27. The van der Waals surface area contributed by atoms with E-state index < -0.39 is 0 Å². The van der Waals surface area contributed by atoms with E-state index in [0.29, 0.717) is 0 Å². The van der Waals surface area contributed by atoms with Crippen LogP contribution in [0.4, 0.5) is 4.39 Å². The van der Waals surface area contributed by atoms with Crippen LogP contribution in [0.15, 0.2) is 22.7 Å². The van der Waals surface area contributed by atoms with Gasteiger partial charge in [0.15, 0.2) is 0 Å². The molecule has 1 rings (SSSR count). The Hall–Kier alpha value is -0.410. The number of nitrogens with one attached hydrogen (secondary N) is 1. The van der Waals surface area contributed by atoms with Gasteiger partial charge in [-0.3, -0.25) is 0 Å². The molecule has 0 saturated heterocycles.